The summed E-state index contributed by atoms with van der Waals surface area (Å²) in [6.07, 6.45) is 6.07. The highest BCUT2D eigenvalue weighted by molar-refractivity contribution is 7.98. The minimum Gasteiger partial charge on any atom is -0.480 e. The van der Waals surface area contributed by atoms with Crippen LogP contribution in [0.25, 0.3) is 0 Å². The number of carboxylic acid groups (broad SMARTS) is 1. The first-order valence-electron chi connectivity index (χ1n) is 11.4. The van der Waals surface area contributed by atoms with Crippen LogP contribution in [0.15, 0.2) is 12.5 Å². The number of rotatable bonds is 15. The van der Waals surface area contributed by atoms with E-state index in [2.05, 4.69) is 25.9 Å². The highest BCUT2D eigenvalue weighted by Gasteiger charge is 2.33. The van der Waals surface area contributed by atoms with Gasteiger partial charge in [-0.1, -0.05) is 34.1 Å². The average molecular weight is 499 g/mol. The number of carbonyl (C=O) groups is 4. The Kier molecular flexibility index (Phi) is 12.7. The summed E-state index contributed by atoms with van der Waals surface area (Å²) in [7, 11) is 0. The van der Waals surface area contributed by atoms with Gasteiger partial charge in [-0.2, -0.15) is 11.8 Å². The standard InChI is InChI=1S/C22H38N6O5S/c1-6-13(4)18(22(32)33)28-21(31)17(12(2)3)27-20(30)16(7-8-34-5)26-19(29)15(23)9-14-10-24-11-25-14/h10-13,15-18H,6-9,23H2,1-5H3,(H,24,25)(H,26,29)(H,27,30)(H,28,31)(H,32,33). The maximum Gasteiger partial charge on any atom is 0.326 e. The summed E-state index contributed by atoms with van der Waals surface area (Å²) in [6.45, 7) is 7.08. The number of aromatic amines is 1. The Balaban J connectivity index is 2.90. The van der Waals surface area contributed by atoms with Gasteiger partial charge in [0, 0.05) is 18.3 Å². The van der Waals surface area contributed by atoms with Gasteiger partial charge in [0.05, 0.1) is 12.4 Å². The van der Waals surface area contributed by atoms with Crippen LogP contribution in [0.3, 0.4) is 0 Å². The van der Waals surface area contributed by atoms with Crippen molar-refractivity contribution in [3.05, 3.63) is 18.2 Å². The van der Waals surface area contributed by atoms with Gasteiger partial charge in [0.1, 0.15) is 18.1 Å². The van der Waals surface area contributed by atoms with Gasteiger partial charge in [-0.05, 0) is 30.3 Å². The van der Waals surface area contributed by atoms with Crippen LogP contribution in [0.1, 0.15) is 46.2 Å². The largest absolute Gasteiger partial charge is 0.480 e. The van der Waals surface area contributed by atoms with Crippen molar-refractivity contribution in [1.29, 1.82) is 0 Å². The van der Waals surface area contributed by atoms with Gasteiger partial charge in [-0.3, -0.25) is 14.4 Å². The van der Waals surface area contributed by atoms with Crippen molar-refractivity contribution in [2.75, 3.05) is 12.0 Å². The molecule has 0 radical (unpaired) electrons. The number of carboxylic acids is 1. The number of thioether (sulfide) groups is 1. The average Bonchev–Trinajstić information content (AvgIpc) is 3.29. The molecule has 0 aliphatic heterocycles. The van der Waals surface area contributed by atoms with Gasteiger partial charge < -0.3 is 31.8 Å². The second-order valence-corrected chi connectivity index (χ2v) is 9.66. The summed E-state index contributed by atoms with van der Waals surface area (Å²) in [6, 6.07) is -3.82. The van der Waals surface area contributed by atoms with Crippen molar-refractivity contribution < 1.29 is 24.3 Å². The van der Waals surface area contributed by atoms with Crippen molar-refractivity contribution in [1.82, 2.24) is 25.9 Å². The number of carbonyl (C=O) groups excluding carboxylic acids is 3. The summed E-state index contributed by atoms with van der Waals surface area (Å²) < 4.78 is 0. The van der Waals surface area contributed by atoms with Gasteiger partial charge in [0.25, 0.3) is 0 Å². The van der Waals surface area contributed by atoms with E-state index in [-0.39, 0.29) is 18.3 Å². The Morgan fingerprint density at radius 3 is 2.24 bits per heavy atom. The van der Waals surface area contributed by atoms with Gasteiger partial charge in [0.15, 0.2) is 0 Å². The Labute approximate surface area is 204 Å². The first kappa shape index (κ1) is 29.4. The molecular weight excluding hydrogens is 460 g/mol. The molecule has 0 saturated heterocycles. The topological polar surface area (TPSA) is 179 Å². The fraction of sp³-hybridized carbons (Fsp3) is 0.682. The molecule has 5 unspecified atom stereocenters. The number of aliphatic carboxylic acids is 1. The maximum absolute atomic E-state index is 13.1. The molecule has 0 fully saturated rings. The summed E-state index contributed by atoms with van der Waals surface area (Å²) in [5.74, 6) is -2.73. The maximum atomic E-state index is 13.1. The Bertz CT molecular complexity index is 804. The number of nitrogens with one attached hydrogen (secondary N) is 4. The molecule has 0 bridgehead atoms. The number of H-pyrrole nitrogens is 1. The molecule has 12 heteroatoms. The lowest BCUT2D eigenvalue weighted by atomic mass is 9.97. The van der Waals surface area contributed by atoms with E-state index in [4.69, 9.17) is 5.73 Å². The molecule has 0 aliphatic carbocycles. The summed E-state index contributed by atoms with van der Waals surface area (Å²) in [5.41, 5.74) is 6.68. The smallest absolute Gasteiger partial charge is 0.326 e. The van der Waals surface area contributed by atoms with E-state index >= 15 is 0 Å². The van der Waals surface area contributed by atoms with Crippen molar-refractivity contribution in [2.45, 2.75) is 71.1 Å². The van der Waals surface area contributed by atoms with Crippen LogP contribution in [-0.4, -0.2) is 74.9 Å². The van der Waals surface area contributed by atoms with Gasteiger partial charge in [-0.25, -0.2) is 9.78 Å². The number of aromatic nitrogens is 2. The van der Waals surface area contributed by atoms with Crippen LogP contribution in [0.4, 0.5) is 0 Å². The zero-order chi connectivity index (χ0) is 25.8. The minimum absolute atomic E-state index is 0.228. The normalized spacial score (nSPS) is 15.6. The predicted molar refractivity (Wildman–Crippen MR) is 131 cm³/mol. The first-order chi connectivity index (χ1) is 16.0. The Morgan fingerprint density at radius 1 is 1.09 bits per heavy atom. The van der Waals surface area contributed by atoms with Crippen LogP contribution in [0.5, 0.6) is 0 Å². The SMILES string of the molecule is CCC(C)C(NC(=O)C(NC(=O)C(CCSC)NC(=O)C(N)Cc1cnc[nH]1)C(C)C)C(=O)O. The van der Waals surface area contributed by atoms with E-state index < -0.39 is 47.9 Å². The number of imidazole rings is 1. The van der Waals surface area contributed by atoms with Gasteiger partial charge in [-0.15, -0.1) is 0 Å². The second-order valence-electron chi connectivity index (χ2n) is 8.67. The van der Waals surface area contributed by atoms with Crippen LogP contribution < -0.4 is 21.7 Å². The first-order valence-corrected chi connectivity index (χ1v) is 12.8. The highest BCUT2D eigenvalue weighted by atomic mass is 32.2. The molecule has 192 valence electrons. The Morgan fingerprint density at radius 2 is 1.74 bits per heavy atom. The molecule has 5 atom stereocenters. The van der Waals surface area contributed by atoms with E-state index in [9.17, 15) is 24.3 Å². The number of amides is 3. The fourth-order valence-electron chi connectivity index (χ4n) is 3.22. The molecule has 0 saturated carbocycles. The zero-order valence-corrected chi connectivity index (χ0v) is 21.3. The number of hydrogen-bond acceptors (Lipinski definition) is 7. The molecule has 34 heavy (non-hydrogen) atoms. The van der Waals surface area contributed by atoms with Crippen LogP contribution in [0, 0.1) is 11.8 Å². The number of nitrogens with zero attached hydrogens (tertiary/aromatic N) is 1. The molecular formula is C22H38N6O5S. The molecule has 1 aromatic heterocycles. The third kappa shape index (κ3) is 9.34. The summed E-state index contributed by atoms with van der Waals surface area (Å²) in [5, 5.41) is 17.4. The van der Waals surface area contributed by atoms with E-state index in [0.29, 0.717) is 24.3 Å². The van der Waals surface area contributed by atoms with Crippen LogP contribution in [-0.2, 0) is 25.6 Å². The molecule has 0 spiro atoms. The highest BCUT2D eigenvalue weighted by Crippen LogP contribution is 2.11. The molecule has 1 heterocycles. The lowest BCUT2D eigenvalue weighted by Gasteiger charge is -2.28. The van der Waals surface area contributed by atoms with Crippen LogP contribution in [0.2, 0.25) is 0 Å². The lowest BCUT2D eigenvalue weighted by Crippen LogP contribution is -2.59. The quantitative estimate of drug-likeness (QED) is 0.199. The van der Waals surface area contributed by atoms with Crippen molar-refractivity contribution >= 4 is 35.5 Å². The number of nitrogens with two attached hydrogens (primary N) is 1. The van der Waals surface area contributed by atoms with Gasteiger partial charge in [0.2, 0.25) is 17.7 Å². The molecule has 3 amide bonds. The summed E-state index contributed by atoms with van der Waals surface area (Å²) >= 11 is 1.52. The second kappa shape index (κ2) is 14.6. The van der Waals surface area contributed by atoms with Crippen LogP contribution >= 0.6 is 11.8 Å². The van der Waals surface area contributed by atoms with E-state index in [1.165, 1.54) is 18.1 Å². The zero-order valence-electron chi connectivity index (χ0n) is 20.5. The minimum atomic E-state index is -1.13. The summed E-state index contributed by atoms with van der Waals surface area (Å²) in [4.78, 5) is 57.0. The lowest BCUT2D eigenvalue weighted by molar-refractivity contribution is -0.144. The fourth-order valence-corrected chi connectivity index (χ4v) is 3.70. The van der Waals surface area contributed by atoms with Gasteiger partial charge >= 0.3 is 5.97 Å². The third-order valence-electron chi connectivity index (χ3n) is 5.60. The van der Waals surface area contributed by atoms with Crippen molar-refractivity contribution in [3.63, 3.8) is 0 Å². The molecule has 1 rings (SSSR count). The van der Waals surface area contributed by atoms with Crippen molar-refractivity contribution in [2.24, 2.45) is 17.6 Å². The molecule has 7 N–H and O–H groups in total. The number of hydrogen-bond donors (Lipinski definition) is 6. The van der Waals surface area contributed by atoms with Crippen molar-refractivity contribution in [3.8, 4) is 0 Å². The molecule has 0 aromatic carbocycles. The third-order valence-corrected chi connectivity index (χ3v) is 6.24. The monoisotopic (exact) mass is 498 g/mol. The molecule has 11 nitrogen and oxygen atoms in total. The van der Waals surface area contributed by atoms with E-state index in [1.807, 2.05) is 13.2 Å². The molecule has 1 aromatic rings. The van der Waals surface area contributed by atoms with E-state index in [1.54, 1.807) is 27.0 Å². The predicted octanol–water partition coefficient (Wildman–Crippen LogP) is 0.274. The van der Waals surface area contributed by atoms with E-state index in [0.717, 1.165) is 0 Å². The Hall–Kier alpha value is -2.60. The molecule has 0 aliphatic rings.